The van der Waals surface area contributed by atoms with Crippen LogP contribution in [0.15, 0.2) is 24.3 Å². The molecule has 0 spiro atoms. The van der Waals surface area contributed by atoms with Gasteiger partial charge in [-0.15, -0.1) is 12.4 Å². The predicted octanol–water partition coefficient (Wildman–Crippen LogP) is 3.46. The van der Waals surface area contributed by atoms with E-state index in [-0.39, 0.29) is 24.4 Å². The van der Waals surface area contributed by atoms with E-state index in [0.717, 1.165) is 12.0 Å². The molecule has 2 unspecified atom stereocenters. The van der Waals surface area contributed by atoms with E-state index in [2.05, 4.69) is 5.32 Å². The van der Waals surface area contributed by atoms with Gasteiger partial charge in [0.05, 0.1) is 11.6 Å². The molecule has 0 saturated heterocycles. The van der Waals surface area contributed by atoms with Crippen LogP contribution in [0.2, 0.25) is 5.02 Å². The quantitative estimate of drug-likeness (QED) is 0.875. The van der Waals surface area contributed by atoms with Crippen molar-refractivity contribution in [1.29, 1.82) is 0 Å². The second-order valence-corrected chi connectivity index (χ2v) is 5.29. The number of carbonyl (C=O) groups is 1. The molecule has 0 radical (unpaired) electrons. The van der Waals surface area contributed by atoms with Crippen LogP contribution in [0.1, 0.15) is 45.2 Å². The van der Waals surface area contributed by atoms with Gasteiger partial charge in [-0.05, 0) is 31.9 Å². The Hall–Kier alpha value is -0.770. The fourth-order valence-electron chi connectivity index (χ4n) is 1.90. The summed E-state index contributed by atoms with van der Waals surface area (Å²) in [5.41, 5.74) is 6.06. The summed E-state index contributed by atoms with van der Waals surface area (Å²) in [7, 11) is 0. The molecule has 1 aromatic carbocycles. The molecule has 0 saturated carbocycles. The first-order chi connectivity index (χ1) is 8.38. The maximum atomic E-state index is 12.1. The molecule has 1 amide bonds. The zero-order valence-electron chi connectivity index (χ0n) is 11.6. The highest BCUT2D eigenvalue weighted by atomic mass is 35.5. The molecule has 3 N–H and O–H groups in total. The molecule has 0 fully saturated rings. The highest BCUT2D eigenvalue weighted by Crippen LogP contribution is 2.22. The maximum Gasteiger partial charge on any atom is 0.240 e. The minimum absolute atomic E-state index is 0. The van der Waals surface area contributed by atoms with E-state index in [1.54, 1.807) is 6.92 Å². The van der Waals surface area contributed by atoms with E-state index in [0.29, 0.717) is 11.4 Å². The summed E-state index contributed by atoms with van der Waals surface area (Å²) in [6, 6.07) is 7.34. The normalized spacial score (nSPS) is 15.0. The van der Waals surface area contributed by atoms with Gasteiger partial charge in [0.25, 0.3) is 0 Å². The Morgan fingerprint density at radius 1 is 1.47 bits per heavy atom. The minimum atomic E-state index is -0.829. The first-order valence-corrected chi connectivity index (χ1v) is 6.60. The monoisotopic (exact) mass is 304 g/mol. The van der Waals surface area contributed by atoms with Gasteiger partial charge in [0.2, 0.25) is 5.91 Å². The molecule has 0 aliphatic carbocycles. The van der Waals surface area contributed by atoms with E-state index >= 15 is 0 Å². The van der Waals surface area contributed by atoms with Crippen LogP contribution in [0, 0.1) is 0 Å². The second kappa shape index (κ2) is 7.73. The van der Waals surface area contributed by atoms with E-state index in [1.807, 2.05) is 38.1 Å². The number of amides is 1. The molecular weight excluding hydrogens is 283 g/mol. The Morgan fingerprint density at radius 2 is 2.05 bits per heavy atom. The Bertz CT molecular complexity index is 422. The molecule has 0 aliphatic heterocycles. The smallest absolute Gasteiger partial charge is 0.240 e. The van der Waals surface area contributed by atoms with Gasteiger partial charge in [-0.25, -0.2) is 0 Å². The first-order valence-electron chi connectivity index (χ1n) is 6.22. The minimum Gasteiger partial charge on any atom is -0.348 e. The summed E-state index contributed by atoms with van der Waals surface area (Å²) in [5.74, 6) is -0.142. The van der Waals surface area contributed by atoms with Crippen LogP contribution in [0.5, 0.6) is 0 Å². The van der Waals surface area contributed by atoms with Crippen molar-refractivity contribution in [3.05, 3.63) is 34.9 Å². The fourth-order valence-corrected chi connectivity index (χ4v) is 2.20. The summed E-state index contributed by atoms with van der Waals surface area (Å²) >= 11 is 6.10. The molecule has 5 heteroatoms. The fraction of sp³-hybridized carbons (Fsp3) is 0.500. The molecule has 19 heavy (non-hydrogen) atoms. The lowest BCUT2D eigenvalue weighted by Gasteiger charge is -2.26. The Kier molecular flexibility index (Phi) is 7.42. The van der Waals surface area contributed by atoms with E-state index in [4.69, 9.17) is 17.3 Å². The number of hydrogen-bond donors (Lipinski definition) is 2. The van der Waals surface area contributed by atoms with Crippen molar-refractivity contribution < 1.29 is 4.79 Å². The van der Waals surface area contributed by atoms with Crippen LogP contribution in [0.3, 0.4) is 0 Å². The predicted molar refractivity (Wildman–Crippen MR) is 82.8 cm³/mol. The standard InChI is InChI=1S/C14H21ClN2O.ClH/c1-4-9-14(3,16)13(18)17-10(2)11-7-5-6-8-12(11)15;/h5-8,10H,4,9,16H2,1-3H3,(H,17,18);1H. The van der Waals surface area contributed by atoms with Crippen molar-refractivity contribution in [2.45, 2.75) is 45.2 Å². The Labute approximate surface area is 126 Å². The third-order valence-corrected chi connectivity index (χ3v) is 3.35. The highest BCUT2D eigenvalue weighted by Gasteiger charge is 2.28. The van der Waals surface area contributed by atoms with Crippen molar-refractivity contribution in [2.75, 3.05) is 0 Å². The topological polar surface area (TPSA) is 55.1 Å². The van der Waals surface area contributed by atoms with Crippen LogP contribution in [0.25, 0.3) is 0 Å². The zero-order chi connectivity index (χ0) is 13.8. The molecule has 0 aromatic heterocycles. The van der Waals surface area contributed by atoms with Gasteiger partial charge in [-0.1, -0.05) is 43.1 Å². The van der Waals surface area contributed by atoms with E-state index < -0.39 is 5.54 Å². The van der Waals surface area contributed by atoms with Crippen LogP contribution >= 0.6 is 24.0 Å². The van der Waals surface area contributed by atoms with Crippen LogP contribution in [-0.2, 0) is 4.79 Å². The largest absolute Gasteiger partial charge is 0.348 e. The summed E-state index contributed by atoms with van der Waals surface area (Å²) in [5, 5.41) is 3.57. The molecule has 1 aromatic rings. The number of halogens is 2. The van der Waals surface area contributed by atoms with Gasteiger partial charge in [-0.2, -0.15) is 0 Å². The molecule has 0 aliphatic rings. The lowest BCUT2D eigenvalue weighted by atomic mass is 9.95. The van der Waals surface area contributed by atoms with Crippen LogP contribution in [-0.4, -0.2) is 11.4 Å². The van der Waals surface area contributed by atoms with E-state index in [1.165, 1.54) is 0 Å². The lowest BCUT2D eigenvalue weighted by molar-refractivity contribution is -0.126. The Balaban J connectivity index is 0.00000324. The van der Waals surface area contributed by atoms with Crippen molar-refractivity contribution in [1.82, 2.24) is 5.32 Å². The highest BCUT2D eigenvalue weighted by molar-refractivity contribution is 6.31. The third-order valence-electron chi connectivity index (χ3n) is 3.01. The molecule has 3 nitrogen and oxygen atoms in total. The summed E-state index contributed by atoms with van der Waals surface area (Å²) in [6.45, 7) is 5.67. The van der Waals surface area contributed by atoms with Gasteiger partial charge < -0.3 is 11.1 Å². The van der Waals surface area contributed by atoms with Gasteiger partial charge in [0.1, 0.15) is 0 Å². The SMILES string of the molecule is CCCC(C)(N)C(=O)NC(C)c1ccccc1Cl.Cl. The zero-order valence-corrected chi connectivity index (χ0v) is 13.1. The number of benzene rings is 1. The average Bonchev–Trinajstić information content (AvgIpc) is 2.29. The maximum absolute atomic E-state index is 12.1. The number of nitrogens with one attached hydrogen (secondary N) is 1. The van der Waals surface area contributed by atoms with Gasteiger partial charge in [0.15, 0.2) is 0 Å². The number of hydrogen-bond acceptors (Lipinski definition) is 2. The summed E-state index contributed by atoms with van der Waals surface area (Å²) in [4.78, 5) is 12.1. The second-order valence-electron chi connectivity index (χ2n) is 4.88. The van der Waals surface area contributed by atoms with Crippen molar-refractivity contribution >= 4 is 29.9 Å². The molecule has 108 valence electrons. The third kappa shape index (κ3) is 5.01. The number of carbonyl (C=O) groups excluding carboxylic acids is 1. The first kappa shape index (κ1) is 18.2. The van der Waals surface area contributed by atoms with Crippen LogP contribution < -0.4 is 11.1 Å². The number of nitrogens with two attached hydrogens (primary N) is 1. The van der Waals surface area contributed by atoms with Crippen molar-refractivity contribution in [3.63, 3.8) is 0 Å². The number of rotatable bonds is 5. The van der Waals surface area contributed by atoms with Gasteiger partial charge in [-0.3, -0.25) is 4.79 Å². The van der Waals surface area contributed by atoms with Gasteiger partial charge in [0, 0.05) is 5.02 Å². The molecule has 0 heterocycles. The average molecular weight is 305 g/mol. The van der Waals surface area contributed by atoms with Gasteiger partial charge >= 0.3 is 0 Å². The molecule has 1 rings (SSSR count). The molecule has 2 atom stereocenters. The molecular formula is C14H22Cl2N2O. The lowest BCUT2D eigenvalue weighted by Crippen LogP contribution is -2.52. The van der Waals surface area contributed by atoms with E-state index in [9.17, 15) is 4.79 Å². The summed E-state index contributed by atoms with van der Waals surface area (Å²) in [6.07, 6.45) is 1.54. The summed E-state index contributed by atoms with van der Waals surface area (Å²) < 4.78 is 0. The van der Waals surface area contributed by atoms with Crippen molar-refractivity contribution in [3.8, 4) is 0 Å². The molecule has 0 bridgehead atoms. The Morgan fingerprint density at radius 3 is 2.58 bits per heavy atom. The van der Waals surface area contributed by atoms with Crippen molar-refractivity contribution in [2.24, 2.45) is 5.73 Å². The van der Waals surface area contributed by atoms with Crippen LogP contribution in [0.4, 0.5) is 0 Å².